The van der Waals surface area contributed by atoms with Crippen molar-refractivity contribution in [1.82, 2.24) is 4.98 Å². The third kappa shape index (κ3) is 1.23. The lowest BCUT2D eigenvalue weighted by molar-refractivity contribution is 1.37. The second-order valence-corrected chi connectivity index (χ2v) is 2.42. The maximum atomic E-state index is 5.65. The summed E-state index contributed by atoms with van der Waals surface area (Å²) < 4.78 is 0. The van der Waals surface area contributed by atoms with Gasteiger partial charge < -0.3 is 5.73 Å². The van der Waals surface area contributed by atoms with Crippen LogP contribution in [0.25, 0.3) is 10.8 Å². The summed E-state index contributed by atoms with van der Waals surface area (Å²) in [4.78, 5) is 3.99. The van der Waals surface area contributed by atoms with Crippen LogP contribution in [-0.4, -0.2) is 4.98 Å². The number of aromatic nitrogens is 1. The van der Waals surface area contributed by atoms with Gasteiger partial charge in [0.2, 0.25) is 0 Å². The molecule has 1 aromatic heterocycles. The number of nitrogen functional groups attached to an aromatic ring is 1. The molecule has 0 atom stereocenters. The molecule has 0 saturated carbocycles. The minimum absolute atomic E-state index is 0. The molecule has 2 N–H and O–H groups in total. The molecule has 0 spiro atoms. The SMILES string of the molecule is C.Nc1nccc2ccccc12. The van der Waals surface area contributed by atoms with Gasteiger partial charge in [0.25, 0.3) is 0 Å². The Morgan fingerprint density at radius 1 is 1.08 bits per heavy atom. The fourth-order valence-electron chi connectivity index (χ4n) is 1.14. The highest BCUT2D eigenvalue weighted by Gasteiger charge is 1.94. The van der Waals surface area contributed by atoms with Crippen molar-refractivity contribution >= 4 is 16.6 Å². The zero-order valence-electron chi connectivity index (χ0n) is 5.99. The van der Waals surface area contributed by atoms with E-state index in [1.165, 1.54) is 0 Å². The van der Waals surface area contributed by atoms with Crippen molar-refractivity contribution in [1.29, 1.82) is 0 Å². The summed E-state index contributed by atoms with van der Waals surface area (Å²) in [6, 6.07) is 9.89. The Bertz CT molecular complexity index is 377. The van der Waals surface area contributed by atoms with Gasteiger partial charge >= 0.3 is 0 Å². The fraction of sp³-hybridized carbons (Fsp3) is 0.100. The van der Waals surface area contributed by atoms with Gasteiger partial charge in [-0.05, 0) is 11.5 Å². The van der Waals surface area contributed by atoms with Crippen LogP contribution in [-0.2, 0) is 0 Å². The largest absolute Gasteiger partial charge is 0.383 e. The number of fused-ring (bicyclic) bond motifs is 1. The Hall–Kier alpha value is -1.57. The summed E-state index contributed by atoms with van der Waals surface area (Å²) in [6.07, 6.45) is 1.72. The van der Waals surface area contributed by atoms with Crippen LogP contribution in [0.4, 0.5) is 5.82 Å². The summed E-state index contributed by atoms with van der Waals surface area (Å²) >= 11 is 0. The quantitative estimate of drug-likeness (QED) is 0.643. The third-order valence-electron chi connectivity index (χ3n) is 1.70. The summed E-state index contributed by atoms with van der Waals surface area (Å²) in [5, 5.41) is 2.16. The predicted octanol–water partition coefficient (Wildman–Crippen LogP) is 2.45. The Morgan fingerprint density at radius 2 is 1.83 bits per heavy atom. The smallest absolute Gasteiger partial charge is 0.131 e. The highest BCUT2D eigenvalue weighted by atomic mass is 14.8. The molecular formula is C10H12N2. The van der Waals surface area contributed by atoms with Crippen LogP contribution in [0.15, 0.2) is 36.5 Å². The molecule has 0 unspecified atom stereocenters. The number of anilines is 1. The first kappa shape index (κ1) is 8.53. The summed E-state index contributed by atoms with van der Waals surface area (Å²) in [5.41, 5.74) is 5.65. The van der Waals surface area contributed by atoms with Gasteiger partial charge in [-0.1, -0.05) is 31.7 Å². The lowest BCUT2D eigenvalue weighted by atomic mass is 10.2. The fourth-order valence-corrected chi connectivity index (χ4v) is 1.14. The van der Waals surface area contributed by atoms with E-state index < -0.39 is 0 Å². The Kier molecular flexibility index (Phi) is 2.29. The van der Waals surface area contributed by atoms with E-state index in [0.29, 0.717) is 5.82 Å². The van der Waals surface area contributed by atoms with E-state index in [0.717, 1.165) is 10.8 Å². The highest BCUT2D eigenvalue weighted by Crippen LogP contribution is 2.16. The number of nitrogens with zero attached hydrogens (tertiary/aromatic N) is 1. The van der Waals surface area contributed by atoms with E-state index in [1.807, 2.05) is 30.3 Å². The van der Waals surface area contributed by atoms with Gasteiger partial charge in [-0.15, -0.1) is 0 Å². The van der Waals surface area contributed by atoms with Gasteiger partial charge in [-0.25, -0.2) is 4.98 Å². The van der Waals surface area contributed by atoms with Crippen molar-refractivity contribution in [3.05, 3.63) is 36.5 Å². The molecule has 1 aromatic carbocycles. The van der Waals surface area contributed by atoms with Gasteiger partial charge in [-0.2, -0.15) is 0 Å². The molecule has 1 heterocycles. The molecule has 2 nitrogen and oxygen atoms in total. The molecule has 0 aliphatic heterocycles. The molecule has 0 fully saturated rings. The van der Waals surface area contributed by atoms with Gasteiger partial charge in [0.05, 0.1) is 0 Å². The molecule has 0 bridgehead atoms. The van der Waals surface area contributed by atoms with Crippen LogP contribution in [0, 0.1) is 0 Å². The zero-order valence-corrected chi connectivity index (χ0v) is 5.99. The number of nitrogens with two attached hydrogens (primary N) is 1. The topological polar surface area (TPSA) is 38.9 Å². The standard InChI is InChI=1S/C9H8N2.CH4/c10-9-8-4-2-1-3-7(8)5-6-11-9;/h1-6H,(H2,10,11);1H4. The summed E-state index contributed by atoms with van der Waals surface area (Å²) in [5.74, 6) is 0.600. The van der Waals surface area contributed by atoms with E-state index >= 15 is 0 Å². The van der Waals surface area contributed by atoms with E-state index in [4.69, 9.17) is 5.73 Å². The monoisotopic (exact) mass is 160 g/mol. The van der Waals surface area contributed by atoms with E-state index in [2.05, 4.69) is 4.98 Å². The first-order valence-electron chi connectivity index (χ1n) is 3.47. The zero-order chi connectivity index (χ0) is 7.68. The normalized spacial score (nSPS) is 9.33. The number of rotatable bonds is 0. The van der Waals surface area contributed by atoms with E-state index in [-0.39, 0.29) is 7.43 Å². The predicted molar refractivity (Wildman–Crippen MR) is 52.9 cm³/mol. The van der Waals surface area contributed by atoms with Crippen LogP contribution in [0.3, 0.4) is 0 Å². The van der Waals surface area contributed by atoms with Gasteiger partial charge in [0.1, 0.15) is 5.82 Å². The molecule has 0 radical (unpaired) electrons. The third-order valence-corrected chi connectivity index (χ3v) is 1.70. The summed E-state index contributed by atoms with van der Waals surface area (Å²) in [7, 11) is 0. The summed E-state index contributed by atoms with van der Waals surface area (Å²) in [6.45, 7) is 0. The molecular weight excluding hydrogens is 148 g/mol. The average Bonchev–Trinajstić information content (AvgIpc) is 2.06. The lowest BCUT2D eigenvalue weighted by Crippen LogP contribution is -1.89. The second-order valence-electron chi connectivity index (χ2n) is 2.42. The van der Waals surface area contributed by atoms with Gasteiger partial charge in [0.15, 0.2) is 0 Å². The van der Waals surface area contributed by atoms with Crippen LogP contribution < -0.4 is 5.73 Å². The van der Waals surface area contributed by atoms with Crippen molar-refractivity contribution in [3.8, 4) is 0 Å². The number of hydrogen-bond donors (Lipinski definition) is 1. The first-order valence-corrected chi connectivity index (χ1v) is 3.47. The van der Waals surface area contributed by atoms with Crippen molar-refractivity contribution in [2.45, 2.75) is 7.43 Å². The Labute approximate surface area is 72.0 Å². The van der Waals surface area contributed by atoms with Crippen molar-refractivity contribution in [2.75, 3.05) is 5.73 Å². The van der Waals surface area contributed by atoms with Crippen molar-refractivity contribution in [2.24, 2.45) is 0 Å². The lowest BCUT2D eigenvalue weighted by Gasteiger charge is -1.97. The average molecular weight is 160 g/mol. The molecule has 2 rings (SSSR count). The minimum Gasteiger partial charge on any atom is -0.383 e. The number of pyridine rings is 1. The van der Waals surface area contributed by atoms with Gasteiger partial charge in [-0.3, -0.25) is 0 Å². The van der Waals surface area contributed by atoms with Crippen LogP contribution >= 0.6 is 0 Å². The Balaban J connectivity index is 0.000000720. The molecule has 62 valence electrons. The molecule has 0 saturated heterocycles. The van der Waals surface area contributed by atoms with Crippen molar-refractivity contribution < 1.29 is 0 Å². The minimum atomic E-state index is 0. The first-order chi connectivity index (χ1) is 5.38. The maximum Gasteiger partial charge on any atom is 0.131 e. The van der Waals surface area contributed by atoms with Crippen LogP contribution in [0.1, 0.15) is 7.43 Å². The van der Waals surface area contributed by atoms with E-state index in [9.17, 15) is 0 Å². The van der Waals surface area contributed by atoms with E-state index in [1.54, 1.807) is 6.20 Å². The maximum absolute atomic E-state index is 5.65. The number of benzene rings is 1. The molecule has 12 heavy (non-hydrogen) atoms. The number of hydrogen-bond acceptors (Lipinski definition) is 2. The van der Waals surface area contributed by atoms with Gasteiger partial charge in [0, 0.05) is 11.6 Å². The molecule has 2 aromatic rings. The van der Waals surface area contributed by atoms with Crippen LogP contribution in [0.5, 0.6) is 0 Å². The highest BCUT2D eigenvalue weighted by molar-refractivity contribution is 5.90. The molecule has 0 amide bonds. The van der Waals surface area contributed by atoms with Crippen molar-refractivity contribution in [3.63, 3.8) is 0 Å². The molecule has 2 heteroatoms. The Morgan fingerprint density at radius 3 is 2.58 bits per heavy atom. The molecule has 0 aliphatic carbocycles. The second kappa shape index (κ2) is 3.22. The molecule has 0 aliphatic rings. The van der Waals surface area contributed by atoms with Crippen LogP contribution in [0.2, 0.25) is 0 Å².